The van der Waals surface area contributed by atoms with E-state index in [9.17, 15) is 14.7 Å². The first-order chi connectivity index (χ1) is 7.56. The van der Waals surface area contributed by atoms with Gasteiger partial charge in [-0.15, -0.1) is 6.58 Å². The van der Waals surface area contributed by atoms with Crippen molar-refractivity contribution < 1.29 is 14.7 Å². The Morgan fingerprint density at radius 3 is 3.00 bits per heavy atom. The van der Waals surface area contributed by atoms with Crippen LogP contribution in [0.2, 0.25) is 0 Å². The molecule has 0 spiro atoms. The van der Waals surface area contributed by atoms with Gasteiger partial charge >= 0.3 is 0 Å². The molecule has 0 aromatic heterocycles. The van der Waals surface area contributed by atoms with Crippen molar-refractivity contribution in [3.8, 4) is 0 Å². The topological polar surface area (TPSA) is 72.5 Å². The Balaban J connectivity index is 2.45. The van der Waals surface area contributed by atoms with Gasteiger partial charge in [0.2, 0.25) is 0 Å². The summed E-state index contributed by atoms with van der Waals surface area (Å²) in [4.78, 5) is 23.3. The van der Waals surface area contributed by atoms with E-state index >= 15 is 0 Å². The Bertz CT molecular complexity index is 333. The minimum absolute atomic E-state index is 0.125. The van der Waals surface area contributed by atoms with Crippen molar-refractivity contribution >= 4 is 41.0 Å². The SMILES string of the molecule is C=CCN1C(=O)[C@@H](CSCC(=O)[O-])NC1=S. The lowest BCUT2D eigenvalue weighted by Gasteiger charge is -2.11. The third-order valence-corrected chi connectivity index (χ3v) is 3.27. The quantitative estimate of drug-likeness (QED) is 0.474. The predicted molar refractivity (Wildman–Crippen MR) is 63.8 cm³/mol. The monoisotopic (exact) mass is 259 g/mol. The molecule has 1 aliphatic rings. The first kappa shape index (κ1) is 13.0. The van der Waals surface area contributed by atoms with Crippen LogP contribution in [-0.4, -0.2) is 46.0 Å². The first-order valence-electron chi connectivity index (χ1n) is 4.56. The van der Waals surface area contributed by atoms with Crippen LogP contribution in [0, 0.1) is 0 Å². The van der Waals surface area contributed by atoms with Crippen LogP contribution in [0.4, 0.5) is 0 Å². The van der Waals surface area contributed by atoms with E-state index < -0.39 is 12.0 Å². The predicted octanol–water partition coefficient (Wildman–Crippen LogP) is -1.26. The molecular weight excluding hydrogens is 248 g/mol. The zero-order chi connectivity index (χ0) is 12.1. The van der Waals surface area contributed by atoms with Crippen LogP contribution in [0.15, 0.2) is 12.7 Å². The molecule has 0 aliphatic carbocycles. The van der Waals surface area contributed by atoms with E-state index in [0.29, 0.717) is 17.4 Å². The number of hydrogen-bond acceptors (Lipinski definition) is 5. The minimum Gasteiger partial charge on any atom is -0.549 e. The van der Waals surface area contributed by atoms with Gasteiger partial charge < -0.3 is 15.2 Å². The highest BCUT2D eigenvalue weighted by Gasteiger charge is 2.34. The van der Waals surface area contributed by atoms with Crippen LogP contribution in [0.5, 0.6) is 0 Å². The largest absolute Gasteiger partial charge is 0.549 e. The van der Waals surface area contributed by atoms with Crippen molar-refractivity contribution in [3.05, 3.63) is 12.7 Å². The number of carboxylic acids is 1. The van der Waals surface area contributed by atoms with Gasteiger partial charge in [0.1, 0.15) is 6.04 Å². The van der Waals surface area contributed by atoms with Gasteiger partial charge in [-0.2, -0.15) is 11.8 Å². The molecule has 0 bridgehead atoms. The lowest BCUT2D eigenvalue weighted by atomic mass is 10.3. The zero-order valence-electron chi connectivity index (χ0n) is 8.47. The van der Waals surface area contributed by atoms with Gasteiger partial charge in [0.15, 0.2) is 5.11 Å². The molecule has 0 unspecified atom stereocenters. The third-order valence-electron chi connectivity index (χ3n) is 1.92. The van der Waals surface area contributed by atoms with Gasteiger partial charge in [0.05, 0.1) is 5.97 Å². The number of hydrogen-bond donors (Lipinski definition) is 1. The molecule has 1 fully saturated rings. The van der Waals surface area contributed by atoms with Crippen molar-refractivity contribution in [2.45, 2.75) is 6.04 Å². The Hall–Kier alpha value is -1.08. The lowest BCUT2D eigenvalue weighted by molar-refractivity contribution is -0.301. The van der Waals surface area contributed by atoms with E-state index in [1.54, 1.807) is 6.08 Å². The fourth-order valence-corrected chi connectivity index (χ4v) is 2.30. The second kappa shape index (κ2) is 5.86. The van der Waals surface area contributed by atoms with Crippen LogP contribution in [0.3, 0.4) is 0 Å². The smallest absolute Gasteiger partial charge is 0.252 e. The number of nitrogens with one attached hydrogen (secondary N) is 1. The molecule has 88 valence electrons. The van der Waals surface area contributed by atoms with Gasteiger partial charge in [0, 0.05) is 18.1 Å². The summed E-state index contributed by atoms with van der Waals surface area (Å²) < 4.78 is 0. The minimum atomic E-state index is -1.14. The molecule has 1 atom stereocenters. The van der Waals surface area contributed by atoms with Crippen molar-refractivity contribution in [1.29, 1.82) is 0 Å². The number of amides is 1. The molecule has 1 heterocycles. The molecule has 1 N–H and O–H groups in total. The third kappa shape index (κ3) is 3.21. The van der Waals surface area contributed by atoms with E-state index in [1.807, 2.05) is 0 Å². The Kier molecular flexibility index (Phi) is 4.75. The van der Waals surface area contributed by atoms with E-state index in [4.69, 9.17) is 12.2 Å². The molecule has 5 nitrogen and oxygen atoms in total. The van der Waals surface area contributed by atoms with E-state index in [0.717, 1.165) is 11.8 Å². The highest BCUT2D eigenvalue weighted by atomic mass is 32.2. The average Bonchev–Trinajstić information content (AvgIpc) is 2.46. The van der Waals surface area contributed by atoms with Crippen LogP contribution < -0.4 is 10.4 Å². The van der Waals surface area contributed by atoms with Gasteiger partial charge in [-0.3, -0.25) is 9.69 Å². The second-order valence-electron chi connectivity index (χ2n) is 3.13. The van der Waals surface area contributed by atoms with Crippen LogP contribution >= 0.6 is 24.0 Å². The molecule has 7 heteroatoms. The average molecular weight is 259 g/mol. The summed E-state index contributed by atoms with van der Waals surface area (Å²) in [5, 5.41) is 13.4. The lowest BCUT2D eigenvalue weighted by Crippen LogP contribution is -2.33. The van der Waals surface area contributed by atoms with Gasteiger partial charge in [0.25, 0.3) is 5.91 Å². The molecule has 1 rings (SSSR count). The van der Waals surface area contributed by atoms with Crippen molar-refractivity contribution in [2.24, 2.45) is 0 Å². The maximum absolute atomic E-state index is 11.7. The molecule has 1 aliphatic heterocycles. The highest BCUT2D eigenvalue weighted by molar-refractivity contribution is 8.00. The standard InChI is InChI=1S/C9H12N2O3S2/c1-2-3-11-8(14)6(10-9(11)15)4-16-5-7(12)13/h2,6H,1,3-5H2,(H,10,15)(H,12,13)/p-1/t6-/m1/s1. The Labute approximate surface area is 103 Å². The number of nitrogens with zero attached hydrogens (tertiary/aromatic N) is 1. The number of aliphatic carboxylic acids is 1. The van der Waals surface area contributed by atoms with Crippen molar-refractivity contribution in [2.75, 3.05) is 18.1 Å². The fourth-order valence-electron chi connectivity index (χ4n) is 1.25. The van der Waals surface area contributed by atoms with Crippen molar-refractivity contribution in [1.82, 2.24) is 10.2 Å². The number of thiocarbonyl (C=S) groups is 1. The highest BCUT2D eigenvalue weighted by Crippen LogP contribution is 2.11. The van der Waals surface area contributed by atoms with Crippen molar-refractivity contribution in [3.63, 3.8) is 0 Å². The van der Waals surface area contributed by atoms with Gasteiger partial charge in [-0.1, -0.05) is 6.08 Å². The normalized spacial score (nSPS) is 19.8. The second-order valence-corrected chi connectivity index (χ2v) is 4.54. The Morgan fingerprint density at radius 2 is 2.44 bits per heavy atom. The summed E-state index contributed by atoms with van der Waals surface area (Å²) in [5.41, 5.74) is 0. The summed E-state index contributed by atoms with van der Waals surface area (Å²) in [6.07, 6.45) is 1.59. The van der Waals surface area contributed by atoms with E-state index in [-0.39, 0.29) is 11.7 Å². The number of carbonyl (C=O) groups is 2. The number of carboxylic acid groups (broad SMARTS) is 1. The summed E-state index contributed by atoms with van der Waals surface area (Å²) in [7, 11) is 0. The van der Waals surface area contributed by atoms with Crippen LogP contribution in [-0.2, 0) is 9.59 Å². The molecule has 0 aromatic rings. The summed E-state index contributed by atoms with van der Waals surface area (Å²) in [5.74, 6) is -1.04. The first-order valence-corrected chi connectivity index (χ1v) is 6.13. The summed E-state index contributed by atoms with van der Waals surface area (Å²) >= 11 is 6.10. The summed E-state index contributed by atoms with van der Waals surface area (Å²) in [6, 6.07) is -0.447. The molecule has 0 saturated carbocycles. The van der Waals surface area contributed by atoms with E-state index in [2.05, 4.69) is 11.9 Å². The molecule has 0 radical (unpaired) electrons. The summed E-state index contributed by atoms with van der Waals surface area (Å²) in [6.45, 7) is 3.90. The maximum atomic E-state index is 11.7. The van der Waals surface area contributed by atoms with Gasteiger partial charge in [-0.25, -0.2) is 0 Å². The fraction of sp³-hybridized carbons (Fsp3) is 0.444. The molecule has 16 heavy (non-hydrogen) atoms. The number of thioether (sulfide) groups is 1. The number of rotatable bonds is 6. The molecular formula is C9H11N2O3S2-. The zero-order valence-corrected chi connectivity index (χ0v) is 10.1. The molecule has 0 aromatic carbocycles. The van der Waals surface area contributed by atoms with Crippen LogP contribution in [0.1, 0.15) is 0 Å². The maximum Gasteiger partial charge on any atom is 0.252 e. The number of carbonyl (C=O) groups excluding carboxylic acids is 2. The van der Waals surface area contributed by atoms with Crippen LogP contribution in [0.25, 0.3) is 0 Å². The van der Waals surface area contributed by atoms with Gasteiger partial charge in [-0.05, 0) is 12.2 Å². The molecule has 1 saturated heterocycles. The Morgan fingerprint density at radius 1 is 1.75 bits per heavy atom. The van der Waals surface area contributed by atoms with E-state index in [1.165, 1.54) is 4.90 Å². The molecule has 1 amide bonds.